The molecule has 86 valence electrons. The lowest BCUT2D eigenvalue weighted by atomic mass is 10.3. The van der Waals surface area contributed by atoms with Gasteiger partial charge in [0.05, 0.1) is 24.0 Å². The number of hydrogen-bond acceptors (Lipinski definition) is 4. The van der Waals surface area contributed by atoms with Crippen LogP contribution in [0.5, 0.6) is 11.5 Å². The molecule has 1 aromatic rings. The first-order chi connectivity index (χ1) is 7.67. The zero-order valence-corrected chi connectivity index (χ0v) is 11.4. The molecule has 16 heavy (non-hydrogen) atoms. The molecule has 1 heterocycles. The summed E-state index contributed by atoms with van der Waals surface area (Å²) < 4.78 is 12.1. The van der Waals surface area contributed by atoms with Gasteiger partial charge in [0, 0.05) is 4.24 Å². The lowest BCUT2D eigenvalue weighted by Gasteiger charge is -2.08. The van der Waals surface area contributed by atoms with Gasteiger partial charge in [-0.1, -0.05) is 29.1 Å². The van der Waals surface area contributed by atoms with Gasteiger partial charge in [-0.3, -0.25) is 0 Å². The van der Waals surface area contributed by atoms with Crippen molar-refractivity contribution in [1.29, 1.82) is 0 Å². The molecule has 2 rings (SSSR count). The second-order valence-electron chi connectivity index (χ2n) is 3.62. The Labute approximate surface area is 104 Å². The highest BCUT2D eigenvalue weighted by Gasteiger charge is 2.25. The van der Waals surface area contributed by atoms with E-state index in [4.69, 9.17) is 9.47 Å². The number of allylic oxidation sites excluding steroid dienone is 1. The van der Waals surface area contributed by atoms with Crippen LogP contribution in [0.15, 0.2) is 31.7 Å². The SMILES string of the molecule is COc1ccc(OC)c2c1SC(=C(C)C)S2. The van der Waals surface area contributed by atoms with Gasteiger partial charge in [0.1, 0.15) is 11.5 Å². The molecule has 0 aliphatic carbocycles. The predicted molar refractivity (Wildman–Crippen MR) is 69.6 cm³/mol. The van der Waals surface area contributed by atoms with Crippen LogP contribution in [-0.2, 0) is 0 Å². The molecule has 0 atom stereocenters. The maximum absolute atomic E-state index is 5.37. The van der Waals surface area contributed by atoms with Gasteiger partial charge >= 0.3 is 0 Å². The Kier molecular flexibility index (Phi) is 3.40. The van der Waals surface area contributed by atoms with Gasteiger partial charge in [0.15, 0.2) is 0 Å². The van der Waals surface area contributed by atoms with Crippen molar-refractivity contribution >= 4 is 23.5 Å². The predicted octanol–water partition coefficient (Wildman–Crippen LogP) is 4.15. The quantitative estimate of drug-likeness (QED) is 0.788. The van der Waals surface area contributed by atoms with E-state index in [0.29, 0.717) is 0 Å². The Hall–Kier alpha value is -0.740. The van der Waals surface area contributed by atoms with Crippen LogP contribution < -0.4 is 9.47 Å². The first kappa shape index (κ1) is 11.7. The largest absolute Gasteiger partial charge is 0.496 e. The maximum atomic E-state index is 5.37. The van der Waals surface area contributed by atoms with Crippen molar-refractivity contribution in [3.63, 3.8) is 0 Å². The van der Waals surface area contributed by atoms with Gasteiger partial charge in [-0.05, 0) is 26.0 Å². The molecule has 0 N–H and O–H groups in total. The van der Waals surface area contributed by atoms with E-state index < -0.39 is 0 Å². The third-order valence-corrected chi connectivity index (χ3v) is 5.31. The number of methoxy groups -OCH3 is 2. The second kappa shape index (κ2) is 4.63. The summed E-state index contributed by atoms with van der Waals surface area (Å²) in [5.41, 5.74) is 1.33. The zero-order valence-electron chi connectivity index (χ0n) is 9.79. The van der Waals surface area contributed by atoms with Crippen LogP contribution in [0, 0.1) is 0 Å². The van der Waals surface area contributed by atoms with Gasteiger partial charge in [-0.2, -0.15) is 0 Å². The minimum absolute atomic E-state index is 0.921. The van der Waals surface area contributed by atoms with Crippen LogP contribution in [-0.4, -0.2) is 14.2 Å². The third kappa shape index (κ3) is 1.92. The summed E-state index contributed by atoms with van der Waals surface area (Å²) >= 11 is 3.53. The molecule has 0 radical (unpaired) electrons. The molecule has 0 saturated carbocycles. The van der Waals surface area contributed by atoms with E-state index in [1.165, 1.54) is 19.6 Å². The van der Waals surface area contributed by atoms with Crippen molar-refractivity contribution in [3.05, 3.63) is 21.9 Å². The Morgan fingerprint density at radius 2 is 1.38 bits per heavy atom. The molecular formula is C12H14O2S2. The fraction of sp³-hybridized carbons (Fsp3) is 0.333. The molecule has 1 aliphatic heterocycles. The summed E-state index contributed by atoms with van der Waals surface area (Å²) in [6, 6.07) is 3.92. The van der Waals surface area contributed by atoms with E-state index in [1.807, 2.05) is 12.1 Å². The molecule has 0 spiro atoms. The fourth-order valence-electron chi connectivity index (χ4n) is 1.45. The van der Waals surface area contributed by atoms with Crippen LogP contribution >= 0.6 is 23.5 Å². The van der Waals surface area contributed by atoms with Crippen molar-refractivity contribution in [3.8, 4) is 11.5 Å². The number of benzene rings is 1. The summed E-state index contributed by atoms with van der Waals surface area (Å²) in [5, 5.41) is 0. The van der Waals surface area contributed by atoms with Crippen molar-refractivity contribution < 1.29 is 9.47 Å². The highest BCUT2D eigenvalue weighted by atomic mass is 32.2. The van der Waals surface area contributed by atoms with E-state index in [0.717, 1.165) is 11.5 Å². The first-order valence-corrected chi connectivity index (χ1v) is 6.58. The Morgan fingerprint density at radius 3 is 1.69 bits per heavy atom. The summed E-state index contributed by atoms with van der Waals surface area (Å²) in [5.74, 6) is 1.84. The monoisotopic (exact) mass is 254 g/mol. The standard InChI is InChI=1S/C12H14O2S2/c1-7(2)12-15-10-8(13-3)5-6-9(14-4)11(10)16-12/h5-6H,1-4H3. The minimum atomic E-state index is 0.921. The molecule has 4 heteroatoms. The summed E-state index contributed by atoms with van der Waals surface area (Å²) in [4.78, 5) is 2.34. The molecule has 2 nitrogen and oxygen atoms in total. The Balaban J connectivity index is 2.53. The highest BCUT2D eigenvalue weighted by Crippen LogP contribution is 2.58. The van der Waals surface area contributed by atoms with Crippen LogP contribution in [0.4, 0.5) is 0 Å². The van der Waals surface area contributed by atoms with E-state index >= 15 is 0 Å². The maximum Gasteiger partial charge on any atom is 0.134 e. The van der Waals surface area contributed by atoms with Gasteiger partial charge in [-0.15, -0.1) is 0 Å². The van der Waals surface area contributed by atoms with Gasteiger partial charge in [-0.25, -0.2) is 0 Å². The highest BCUT2D eigenvalue weighted by molar-refractivity contribution is 8.24. The van der Waals surface area contributed by atoms with Crippen LogP contribution in [0.1, 0.15) is 13.8 Å². The van der Waals surface area contributed by atoms with Crippen LogP contribution in [0.3, 0.4) is 0 Å². The van der Waals surface area contributed by atoms with Crippen LogP contribution in [0.2, 0.25) is 0 Å². The summed E-state index contributed by atoms with van der Waals surface area (Å²) in [7, 11) is 3.40. The molecule has 0 fully saturated rings. The molecule has 1 aliphatic rings. The Bertz CT molecular complexity index is 414. The molecular weight excluding hydrogens is 240 g/mol. The Morgan fingerprint density at radius 1 is 0.938 bits per heavy atom. The van der Waals surface area contributed by atoms with Gasteiger partial charge in [0.2, 0.25) is 0 Å². The minimum Gasteiger partial charge on any atom is -0.496 e. The number of fused-ring (bicyclic) bond motifs is 1. The average Bonchev–Trinajstić information content (AvgIpc) is 2.72. The molecule has 1 aromatic carbocycles. The van der Waals surface area contributed by atoms with Crippen molar-refractivity contribution in [2.75, 3.05) is 14.2 Å². The van der Waals surface area contributed by atoms with E-state index in [-0.39, 0.29) is 0 Å². The number of thioether (sulfide) groups is 2. The number of ether oxygens (including phenoxy) is 2. The lowest BCUT2D eigenvalue weighted by Crippen LogP contribution is -1.89. The summed E-state index contributed by atoms with van der Waals surface area (Å²) in [6.07, 6.45) is 0. The summed E-state index contributed by atoms with van der Waals surface area (Å²) in [6.45, 7) is 4.25. The fourth-order valence-corrected chi connectivity index (χ4v) is 4.04. The third-order valence-electron chi connectivity index (χ3n) is 2.28. The zero-order chi connectivity index (χ0) is 11.7. The molecule has 0 aromatic heterocycles. The second-order valence-corrected chi connectivity index (χ2v) is 5.92. The van der Waals surface area contributed by atoms with Crippen LogP contribution in [0.25, 0.3) is 0 Å². The number of hydrogen-bond donors (Lipinski definition) is 0. The van der Waals surface area contributed by atoms with Crippen molar-refractivity contribution in [2.24, 2.45) is 0 Å². The van der Waals surface area contributed by atoms with E-state index in [2.05, 4.69) is 13.8 Å². The van der Waals surface area contributed by atoms with Gasteiger partial charge < -0.3 is 9.47 Å². The van der Waals surface area contributed by atoms with E-state index in [1.54, 1.807) is 37.7 Å². The first-order valence-electron chi connectivity index (χ1n) is 4.95. The molecule has 0 saturated heterocycles. The van der Waals surface area contributed by atoms with E-state index in [9.17, 15) is 0 Å². The molecule has 0 unspecified atom stereocenters. The number of rotatable bonds is 2. The smallest absolute Gasteiger partial charge is 0.134 e. The average molecular weight is 254 g/mol. The molecule has 0 amide bonds. The van der Waals surface area contributed by atoms with Crippen molar-refractivity contribution in [2.45, 2.75) is 23.6 Å². The molecule has 0 bridgehead atoms. The topological polar surface area (TPSA) is 18.5 Å². The lowest BCUT2D eigenvalue weighted by molar-refractivity contribution is 0.384. The van der Waals surface area contributed by atoms with Crippen molar-refractivity contribution in [1.82, 2.24) is 0 Å². The van der Waals surface area contributed by atoms with Gasteiger partial charge in [0.25, 0.3) is 0 Å². The normalized spacial score (nSPS) is 13.6.